The molecule has 1 amide bonds. The maximum atomic E-state index is 12.4. The zero-order valence-electron chi connectivity index (χ0n) is 12.1. The van der Waals surface area contributed by atoms with E-state index in [0.717, 1.165) is 45.2 Å². The van der Waals surface area contributed by atoms with E-state index in [4.69, 9.17) is 9.63 Å². The second kappa shape index (κ2) is 6.53. The summed E-state index contributed by atoms with van der Waals surface area (Å²) in [5.41, 5.74) is 0. The Hall–Kier alpha value is -1.47. The molecule has 7 nitrogen and oxygen atoms in total. The highest BCUT2D eigenvalue weighted by Gasteiger charge is 2.29. The second-order valence-corrected chi connectivity index (χ2v) is 5.88. The quantitative estimate of drug-likeness (QED) is 0.850. The van der Waals surface area contributed by atoms with Crippen molar-refractivity contribution in [1.29, 1.82) is 0 Å². The van der Waals surface area contributed by atoms with Crippen molar-refractivity contribution in [2.24, 2.45) is 5.92 Å². The van der Waals surface area contributed by atoms with Crippen molar-refractivity contribution in [3.05, 3.63) is 11.7 Å². The fourth-order valence-corrected chi connectivity index (χ4v) is 3.17. The Labute approximate surface area is 123 Å². The van der Waals surface area contributed by atoms with Crippen LogP contribution in [0.5, 0.6) is 0 Å². The molecule has 1 aromatic rings. The van der Waals surface area contributed by atoms with E-state index in [0.29, 0.717) is 18.4 Å². The van der Waals surface area contributed by atoms with Crippen LogP contribution < -0.4 is 5.32 Å². The van der Waals surface area contributed by atoms with Crippen molar-refractivity contribution in [2.45, 2.75) is 38.1 Å². The summed E-state index contributed by atoms with van der Waals surface area (Å²) >= 11 is 0. The summed E-state index contributed by atoms with van der Waals surface area (Å²) < 4.78 is 5.22. The Morgan fingerprint density at radius 3 is 3.10 bits per heavy atom. The highest BCUT2D eigenvalue weighted by atomic mass is 16.5. The number of nitrogens with zero attached hydrogens (tertiary/aromatic N) is 3. The molecule has 116 valence electrons. The Balaban J connectivity index is 1.64. The van der Waals surface area contributed by atoms with Gasteiger partial charge in [0, 0.05) is 19.7 Å². The lowest BCUT2D eigenvalue weighted by Gasteiger charge is -2.31. The summed E-state index contributed by atoms with van der Waals surface area (Å²) in [6, 6.07) is 0.0857. The Morgan fingerprint density at radius 2 is 2.33 bits per heavy atom. The molecule has 2 aliphatic heterocycles. The summed E-state index contributed by atoms with van der Waals surface area (Å²) in [6.07, 6.45) is 4.83. The zero-order valence-corrected chi connectivity index (χ0v) is 12.1. The second-order valence-electron chi connectivity index (χ2n) is 5.88. The molecule has 0 bridgehead atoms. The lowest BCUT2D eigenvalue weighted by Crippen LogP contribution is -2.40. The van der Waals surface area contributed by atoms with Gasteiger partial charge in [-0.1, -0.05) is 5.16 Å². The van der Waals surface area contributed by atoms with E-state index in [2.05, 4.69) is 15.5 Å². The first-order chi connectivity index (χ1) is 10.3. The fourth-order valence-electron chi connectivity index (χ4n) is 3.17. The molecule has 7 heteroatoms. The van der Waals surface area contributed by atoms with E-state index in [1.807, 2.05) is 0 Å². The lowest BCUT2D eigenvalue weighted by molar-refractivity contribution is 0.0638. The van der Waals surface area contributed by atoms with E-state index in [-0.39, 0.29) is 24.4 Å². The monoisotopic (exact) mass is 294 g/mol. The van der Waals surface area contributed by atoms with Crippen LogP contribution in [0.3, 0.4) is 0 Å². The Kier molecular flexibility index (Phi) is 4.50. The van der Waals surface area contributed by atoms with Crippen LogP contribution in [-0.4, -0.2) is 52.3 Å². The third kappa shape index (κ3) is 3.24. The van der Waals surface area contributed by atoms with Gasteiger partial charge in [0.05, 0.1) is 6.04 Å². The minimum atomic E-state index is -0.161. The van der Waals surface area contributed by atoms with E-state index in [1.54, 1.807) is 4.90 Å². The van der Waals surface area contributed by atoms with E-state index in [1.165, 1.54) is 0 Å². The van der Waals surface area contributed by atoms with Crippen molar-refractivity contribution in [2.75, 3.05) is 26.2 Å². The molecular formula is C14H22N4O3. The SMILES string of the molecule is O=C(c1noc(C2CCCN2)n1)N1CCCC(CCO)C1. The van der Waals surface area contributed by atoms with Gasteiger partial charge >= 0.3 is 0 Å². The van der Waals surface area contributed by atoms with Gasteiger partial charge in [-0.3, -0.25) is 4.79 Å². The average molecular weight is 294 g/mol. The number of aliphatic hydroxyl groups excluding tert-OH is 1. The molecule has 2 unspecified atom stereocenters. The number of piperidine rings is 1. The molecule has 2 N–H and O–H groups in total. The number of aliphatic hydroxyl groups is 1. The van der Waals surface area contributed by atoms with Crippen molar-refractivity contribution in [1.82, 2.24) is 20.4 Å². The number of carbonyl (C=O) groups excluding carboxylic acids is 1. The Bertz CT molecular complexity index is 482. The number of aromatic nitrogens is 2. The van der Waals surface area contributed by atoms with Crippen LogP contribution in [0.1, 0.15) is 54.7 Å². The molecule has 3 heterocycles. The Morgan fingerprint density at radius 1 is 1.43 bits per heavy atom. The summed E-state index contributed by atoms with van der Waals surface area (Å²) in [5, 5.41) is 16.2. The lowest BCUT2D eigenvalue weighted by atomic mass is 9.95. The summed E-state index contributed by atoms with van der Waals surface area (Å²) in [7, 11) is 0. The van der Waals surface area contributed by atoms with Crippen LogP contribution in [0.2, 0.25) is 0 Å². The van der Waals surface area contributed by atoms with Crippen molar-refractivity contribution >= 4 is 5.91 Å². The summed E-state index contributed by atoms with van der Waals surface area (Å²) in [6.45, 7) is 2.52. The van der Waals surface area contributed by atoms with Crippen molar-refractivity contribution in [3.8, 4) is 0 Å². The third-order valence-electron chi connectivity index (χ3n) is 4.33. The number of hydrogen-bond acceptors (Lipinski definition) is 6. The molecule has 2 saturated heterocycles. The standard InChI is InChI=1S/C14H22N4O3/c19-8-5-10-3-2-7-18(9-10)14(20)12-16-13(21-17-12)11-4-1-6-15-11/h10-11,15,19H,1-9H2. The molecule has 0 aliphatic carbocycles. The van der Waals surface area contributed by atoms with Gasteiger partial charge < -0.3 is 19.8 Å². The molecule has 3 rings (SSSR count). The molecule has 2 atom stereocenters. The van der Waals surface area contributed by atoms with Gasteiger partial charge in [-0.2, -0.15) is 4.98 Å². The van der Waals surface area contributed by atoms with Crippen LogP contribution in [0, 0.1) is 5.92 Å². The molecular weight excluding hydrogens is 272 g/mol. The van der Waals surface area contributed by atoms with Crippen LogP contribution in [0.4, 0.5) is 0 Å². The zero-order chi connectivity index (χ0) is 14.7. The number of amides is 1. The van der Waals surface area contributed by atoms with Crippen molar-refractivity contribution < 1.29 is 14.4 Å². The van der Waals surface area contributed by atoms with Gasteiger partial charge in [-0.25, -0.2) is 0 Å². The third-order valence-corrected chi connectivity index (χ3v) is 4.33. The summed E-state index contributed by atoms with van der Waals surface area (Å²) in [4.78, 5) is 18.5. The van der Waals surface area contributed by atoms with E-state index in [9.17, 15) is 4.79 Å². The van der Waals surface area contributed by atoms with Gasteiger partial charge in [0.2, 0.25) is 5.89 Å². The molecule has 0 spiro atoms. The van der Waals surface area contributed by atoms with Crippen molar-refractivity contribution in [3.63, 3.8) is 0 Å². The minimum Gasteiger partial charge on any atom is -0.396 e. The number of hydrogen-bond donors (Lipinski definition) is 2. The number of carbonyl (C=O) groups is 1. The smallest absolute Gasteiger partial charge is 0.295 e. The predicted molar refractivity (Wildman–Crippen MR) is 74.6 cm³/mol. The molecule has 0 saturated carbocycles. The maximum Gasteiger partial charge on any atom is 0.295 e. The van der Waals surface area contributed by atoms with E-state index >= 15 is 0 Å². The largest absolute Gasteiger partial charge is 0.396 e. The van der Waals surface area contributed by atoms with Gasteiger partial charge in [-0.05, 0) is 44.6 Å². The first-order valence-electron chi connectivity index (χ1n) is 7.75. The highest BCUT2D eigenvalue weighted by Crippen LogP contribution is 2.23. The molecule has 0 radical (unpaired) electrons. The minimum absolute atomic E-state index is 0.0857. The van der Waals surface area contributed by atoms with E-state index < -0.39 is 0 Å². The molecule has 1 aromatic heterocycles. The summed E-state index contributed by atoms with van der Waals surface area (Å²) in [5.74, 6) is 0.879. The molecule has 2 fully saturated rings. The first kappa shape index (κ1) is 14.5. The van der Waals surface area contributed by atoms with Crippen LogP contribution in [0.15, 0.2) is 4.52 Å². The van der Waals surface area contributed by atoms with Gasteiger partial charge in [0.1, 0.15) is 0 Å². The predicted octanol–water partition coefficient (Wildman–Crippen LogP) is 0.729. The number of rotatable bonds is 4. The van der Waals surface area contributed by atoms with Gasteiger partial charge in [0.15, 0.2) is 0 Å². The van der Waals surface area contributed by atoms with Crippen LogP contribution in [0.25, 0.3) is 0 Å². The molecule has 21 heavy (non-hydrogen) atoms. The number of likely N-dealkylation sites (tertiary alicyclic amines) is 1. The molecule has 0 aromatic carbocycles. The number of nitrogens with one attached hydrogen (secondary N) is 1. The fraction of sp³-hybridized carbons (Fsp3) is 0.786. The first-order valence-corrected chi connectivity index (χ1v) is 7.75. The maximum absolute atomic E-state index is 12.4. The van der Waals surface area contributed by atoms with Crippen LogP contribution >= 0.6 is 0 Å². The topological polar surface area (TPSA) is 91.5 Å². The normalized spacial score (nSPS) is 26.2. The van der Waals surface area contributed by atoms with Crippen LogP contribution in [-0.2, 0) is 0 Å². The van der Waals surface area contributed by atoms with Gasteiger partial charge in [-0.15, -0.1) is 0 Å². The highest BCUT2D eigenvalue weighted by molar-refractivity contribution is 5.90. The van der Waals surface area contributed by atoms with Gasteiger partial charge in [0.25, 0.3) is 11.7 Å². The average Bonchev–Trinajstić information content (AvgIpc) is 3.18. The molecule has 2 aliphatic rings.